The van der Waals surface area contributed by atoms with Crippen LogP contribution in [0.15, 0.2) is 22.7 Å². The Labute approximate surface area is 109 Å². The van der Waals surface area contributed by atoms with E-state index in [0.717, 1.165) is 15.7 Å². The molecule has 0 bridgehead atoms. The third-order valence-corrected chi connectivity index (χ3v) is 3.57. The third-order valence-electron chi connectivity index (χ3n) is 3.08. The molecule has 1 fully saturated rings. The predicted octanol–water partition coefficient (Wildman–Crippen LogP) is 1.01. The van der Waals surface area contributed by atoms with Gasteiger partial charge in [-0.2, -0.15) is 0 Å². The molecule has 0 radical (unpaired) electrons. The van der Waals surface area contributed by atoms with Crippen molar-refractivity contribution in [3.8, 4) is 0 Å². The number of aliphatic hydroxyl groups is 2. The molecule has 1 aromatic rings. The van der Waals surface area contributed by atoms with Crippen molar-refractivity contribution in [3.05, 3.63) is 28.2 Å². The molecule has 94 valence electrons. The minimum atomic E-state index is -0.681. The fraction of sp³-hybridized carbons (Fsp3) is 0.500. The highest BCUT2D eigenvalue weighted by atomic mass is 79.9. The van der Waals surface area contributed by atoms with Gasteiger partial charge < -0.3 is 20.8 Å². The summed E-state index contributed by atoms with van der Waals surface area (Å²) in [6.07, 6.45) is -1.36. The first-order valence-corrected chi connectivity index (χ1v) is 6.44. The Morgan fingerprint density at radius 1 is 1.35 bits per heavy atom. The van der Waals surface area contributed by atoms with Gasteiger partial charge in [0, 0.05) is 29.3 Å². The summed E-state index contributed by atoms with van der Waals surface area (Å²) >= 11 is 3.42. The Balaban J connectivity index is 2.32. The van der Waals surface area contributed by atoms with Crippen LogP contribution in [0.25, 0.3) is 0 Å². The van der Waals surface area contributed by atoms with Gasteiger partial charge in [0.15, 0.2) is 0 Å². The fourth-order valence-electron chi connectivity index (χ4n) is 2.14. The Kier molecular flexibility index (Phi) is 3.73. The zero-order chi connectivity index (χ0) is 12.6. The largest absolute Gasteiger partial charge is 0.389 e. The quantitative estimate of drug-likeness (QED) is 0.762. The molecule has 4 nitrogen and oxygen atoms in total. The molecule has 3 unspecified atom stereocenters. The van der Waals surface area contributed by atoms with Crippen LogP contribution in [0.3, 0.4) is 0 Å². The van der Waals surface area contributed by atoms with Crippen LogP contribution >= 0.6 is 15.9 Å². The highest BCUT2D eigenvalue weighted by molar-refractivity contribution is 9.10. The first-order valence-electron chi connectivity index (χ1n) is 5.65. The van der Waals surface area contributed by atoms with Crippen LogP contribution in [0.2, 0.25) is 0 Å². The van der Waals surface area contributed by atoms with Gasteiger partial charge in [-0.1, -0.05) is 15.9 Å². The fourth-order valence-corrected chi connectivity index (χ4v) is 2.52. The SMILES string of the molecule is CC(N)c1cc(Br)ccc1N1CC(O)C(O)C1. The molecule has 3 atom stereocenters. The van der Waals surface area contributed by atoms with E-state index in [0.29, 0.717) is 13.1 Å². The number of hydrogen-bond acceptors (Lipinski definition) is 4. The van der Waals surface area contributed by atoms with E-state index in [2.05, 4.69) is 15.9 Å². The highest BCUT2D eigenvalue weighted by Crippen LogP contribution is 2.30. The molecule has 2 rings (SSSR count). The van der Waals surface area contributed by atoms with Crippen molar-refractivity contribution in [2.45, 2.75) is 25.2 Å². The van der Waals surface area contributed by atoms with Gasteiger partial charge in [0.2, 0.25) is 0 Å². The molecule has 0 saturated carbocycles. The van der Waals surface area contributed by atoms with Crippen molar-refractivity contribution in [2.75, 3.05) is 18.0 Å². The molecule has 1 heterocycles. The lowest BCUT2D eigenvalue weighted by Gasteiger charge is -2.23. The molecular formula is C12H17BrN2O2. The van der Waals surface area contributed by atoms with Crippen molar-refractivity contribution in [1.29, 1.82) is 0 Å². The van der Waals surface area contributed by atoms with Gasteiger partial charge in [-0.25, -0.2) is 0 Å². The molecule has 0 aliphatic carbocycles. The number of halogens is 1. The molecule has 1 saturated heterocycles. The van der Waals surface area contributed by atoms with Gasteiger partial charge in [-0.05, 0) is 30.7 Å². The van der Waals surface area contributed by atoms with Crippen LogP contribution in [0.1, 0.15) is 18.5 Å². The van der Waals surface area contributed by atoms with Crippen molar-refractivity contribution >= 4 is 21.6 Å². The monoisotopic (exact) mass is 300 g/mol. The summed E-state index contributed by atoms with van der Waals surface area (Å²) in [7, 11) is 0. The number of hydrogen-bond donors (Lipinski definition) is 3. The number of rotatable bonds is 2. The van der Waals surface area contributed by atoms with E-state index >= 15 is 0 Å². The maximum atomic E-state index is 9.58. The smallest absolute Gasteiger partial charge is 0.0990 e. The summed E-state index contributed by atoms with van der Waals surface area (Å²) in [6.45, 7) is 2.82. The van der Waals surface area contributed by atoms with Crippen LogP contribution < -0.4 is 10.6 Å². The molecule has 5 heteroatoms. The molecule has 4 N–H and O–H groups in total. The zero-order valence-electron chi connectivity index (χ0n) is 9.68. The maximum absolute atomic E-state index is 9.58. The molecule has 0 aromatic heterocycles. The van der Waals surface area contributed by atoms with E-state index in [1.54, 1.807) is 0 Å². The second kappa shape index (κ2) is 4.94. The highest BCUT2D eigenvalue weighted by Gasteiger charge is 2.30. The van der Waals surface area contributed by atoms with Crippen LogP contribution in [0, 0.1) is 0 Å². The lowest BCUT2D eigenvalue weighted by molar-refractivity contribution is 0.0572. The summed E-state index contributed by atoms with van der Waals surface area (Å²) in [4.78, 5) is 1.97. The minimum Gasteiger partial charge on any atom is -0.389 e. The molecule has 0 amide bonds. The average molecular weight is 301 g/mol. The van der Waals surface area contributed by atoms with Crippen LogP contribution in [0.4, 0.5) is 5.69 Å². The molecule has 0 spiro atoms. The lowest BCUT2D eigenvalue weighted by Crippen LogP contribution is -2.23. The summed E-state index contributed by atoms with van der Waals surface area (Å²) in [6, 6.07) is 5.81. The summed E-state index contributed by atoms with van der Waals surface area (Å²) in [5.74, 6) is 0. The number of anilines is 1. The Hall–Kier alpha value is -0.620. The molecule has 1 aliphatic heterocycles. The Morgan fingerprint density at radius 2 is 1.94 bits per heavy atom. The Morgan fingerprint density at radius 3 is 2.47 bits per heavy atom. The molecular weight excluding hydrogens is 284 g/mol. The standard InChI is InChI=1S/C12H17BrN2O2/c1-7(14)9-4-8(13)2-3-10(9)15-5-11(16)12(17)6-15/h2-4,7,11-12,16-17H,5-6,14H2,1H3. The van der Waals surface area contributed by atoms with Gasteiger partial charge in [0.25, 0.3) is 0 Å². The topological polar surface area (TPSA) is 69.7 Å². The van der Waals surface area contributed by atoms with Crippen LogP contribution in [-0.2, 0) is 0 Å². The summed E-state index contributed by atoms with van der Waals surface area (Å²) in [5, 5.41) is 19.2. The van der Waals surface area contributed by atoms with Gasteiger partial charge >= 0.3 is 0 Å². The van der Waals surface area contributed by atoms with E-state index in [1.807, 2.05) is 30.0 Å². The normalized spacial score (nSPS) is 26.3. The van der Waals surface area contributed by atoms with E-state index in [4.69, 9.17) is 5.73 Å². The predicted molar refractivity (Wildman–Crippen MR) is 71.0 cm³/mol. The first-order chi connectivity index (χ1) is 7.99. The zero-order valence-corrected chi connectivity index (χ0v) is 11.3. The number of β-amino-alcohol motifs (C(OH)–C–C–N with tert-alkyl or cyclic N) is 2. The van der Waals surface area contributed by atoms with Gasteiger partial charge in [-0.15, -0.1) is 0 Å². The molecule has 1 aromatic carbocycles. The number of aliphatic hydroxyl groups excluding tert-OH is 2. The molecule has 1 aliphatic rings. The average Bonchev–Trinajstić information content (AvgIpc) is 2.59. The van der Waals surface area contributed by atoms with Crippen molar-refractivity contribution in [1.82, 2.24) is 0 Å². The summed E-state index contributed by atoms with van der Waals surface area (Å²) < 4.78 is 0.980. The Bertz CT molecular complexity index is 401. The van der Waals surface area contributed by atoms with Crippen molar-refractivity contribution in [3.63, 3.8) is 0 Å². The van der Waals surface area contributed by atoms with E-state index in [9.17, 15) is 10.2 Å². The lowest BCUT2D eigenvalue weighted by atomic mass is 10.1. The van der Waals surface area contributed by atoms with Crippen LogP contribution in [-0.4, -0.2) is 35.5 Å². The van der Waals surface area contributed by atoms with E-state index < -0.39 is 12.2 Å². The maximum Gasteiger partial charge on any atom is 0.0990 e. The van der Waals surface area contributed by atoms with E-state index in [-0.39, 0.29) is 6.04 Å². The van der Waals surface area contributed by atoms with E-state index in [1.165, 1.54) is 0 Å². The number of nitrogens with two attached hydrogens (primary N) is 1. The second-order valence-electron chi connectivity index (χ2n) is 4.53. The number of benzene rings is 1. The number of nitrogens with zero attached hydrogens (tertiary/aromatic N) is 1. The van der Waals surface area contributed by atoms with Gasteiger partial charge in [0.05, 0.1) is 12.2 Å². The van der Waals surface area contributed by atoms with Crippen molar-refractivity contribution < 1.29 is 10.2 Å². The second-order valence-corrected chi connectivity index (χ2v) is 5.45. The minimum absolute atomic E-state index is 0.0858. The van der Waals surface area contributed by atoms with Gasteiger partial charge in [-0.3, -0.25) is 0 Å². The summed E-state index contributed by atoms with van der Waals surface area (Å²) in [5.41, 5.74) is 7.95. The van der Waals surface area contributed by atoms with Gasteiger partial charge in [0.1, 0.15) is 0 Å². The molecule has 17 heavy (non-hydrogen) atoms. The van der Waals surface area contributed by atoms with Crippen LogP contribution in [0.5, 0.6) is 0 Å². The van der Waals surface area contributed by atoms with Crippen molar-refractivity contribution in [2.24, 2.45) is 5.73 Å². The third kappa shape index (κ3) is 2.63. The first kappa shape index (κ1) is 12.8.